The van der Waals surface area contributed by atoms with Crippen molar-refractivity contribution in [3.05, 3.63) is 28.2 Å². The van der Waals surface area contributed by atoms with Gasteiger partial charge in [0.05, 0.1) is 4.99 Å². The summed E-state index contributed by atoms with van der Waals surface area (Å²) in [4.78, 5) is 13.9. The average molecular weight is 320 g/mol. The number of halogens is 2. The fourth-order valence-corrected chi connectivity index (χ4v) is 2.23. The van der Waals surface area contributed by atoms with Crippen LogP contribution in [0.15, 0.2) is 18.2 Å². The predicted molar refractivity (Wildman–Crippen MR) is 84.1 cm³/mol. The molecule has 1 rings (SSSR count). The van der Waals surface area contributed by atoms with Gasteiger partial charge in [-0.15, -0.1) is 0 Å². The van der Waals surface area contributed by atoms with E-state index in [0.29, 0.717) is 27.1 Å². The molecule has 4 nitrogen and oxygen atoms in total. The van der Waals surface area contributed by atoms with Crippen LogP contribution in [0.25, 0.3) is 0 Å². The Morgan fingerprint density at radius 3 is 2.42 bits per heavy atom. The Bertz CT molecular complexity index is 476. The van der Waals surface area contributed by atoms with E-state index in [-0.39, 0.29) is 12.1 Å². The van der Waals surface area contributed by atoms with Crippen molar-refractivity contribution in [1.29, 1.82) is 0 Å². The van der Waals surface area contributed by atoms with Crippen molar-refractivity contribution in [3.63, 3.8) is 0 Å². The van der Waals surface area contributed by atoms with Gasteiger partial charge in [-0.2, -0.15) is 0 Å². The fraction of sp³-hybridized carbons (Fsp3) is 0.333. The molecule has 0 spiro atoms. The minimum Gasteiger partial charge on any atom is -0.393 e. The van der Waals surface area contributed by atoms with Crippen molar-refractivity contribution in [2.75, 3.05) is 12.4 Å². The number of anilines is 1. The highest BCUT2D eigenvalue weighted by Crippen LogP contribution is 2.22. The summed E-state index contributed by atoms with van der Waals surface area (Å²) in [6, 6.07) is 4.47. The number of thiocarbonyl (C=S) groups is 1. The third-order valence-electron chi connectivity index (χ3n) is 2.59. The summed E-state index contributed by atoms with van der Waals surface area (Å²) in [6.45, 7) is 1.86. The van der Waals surface area contributed by atoms with Gasteiger partial charge >= 0.3 is 6.03 Å². The van der Waals surface area contributed by atoms with Crippen LogP contribution in [0.1, 0.15) is 13.3 Å². The smallest absolute Gasteiger partial charge is 0.321 e. The molecule has 0 saturated carbocycles. The van der Waals surface area contributed by atoms with Crippen LogP contribution >= 0.6 is 35.4 Å². The number of carbonyl (C=O) groups is 1. The molecule has 0 heterocycles. The van der Waals surface area contributed by atoms with Crippen molar-refractivity contribution < 1.29 is 4.79 Å². The molecule has 1 unspecified atom stereocenters. The Morgan fingerprint density at radius 1 is 1.42 bits per heavy atom. The number of hydrogen-bond donors (Lipinski definition) is 2. The zero-order chi connectivity index (χ0) is 14.6. The van der Waals surface area contributed by atoms with E-state index >= 15 is 0 Å². The molecule has 1 aromatic carbocycles. The second-order valence-corrected chi connectivity index (χ2v) is 5.62. The highest BCUT2D eigenvalue weighted by Gasteiger charge is 2.16. The Balaban J connectivity index is 2.70. The number of nitrogens with one attached hydrogen (secondary N) is 1. The largest absolute Gasteiger partial charge is 0.393 e. The lowest BCUT2D eigenvalue weighted by Crippen LogP contribution is -2.40. The van der Waals surface area contributed by atoms with Gasteiger partial charge in [0.2, 0.25) is 0 Å². The van der Waals surface area contributed by atoms with Gasteiger partial charge < -0.3 is 16.0 Å². The number of hydrogen-bond acceptors (Lipinski definition) is 2. The molecule has 0 radical (unpaired) electrons. The number of carbonyl (C=O) groups excluding carboxylic acids is 1. The van der Waals surface area contributed by atoms with Crippen LogP contribution in [-0.2, 0) is 0 Å². The van der Waals surface area contributed by atoms with Crippen molar-refractivity contribution in [3.8, 4) is 0 Å². The van der Waals surface area contributed by atoms with Gasteiger partial charge in [-0.1, -0.05) is 35.4 Å². The Labute approximate surface area is 127 Å². The van der Waals surface area contributed by atoms with Gasteiger partial charge in [0, 0.05) is 35.2 Å². The first kappa shape index (κ1) is 16.0. The first-order chi connectivity index (χ1) is 8.79. The van der Waals surface area contributed by atoms with E-state index in [9.17, 15) is 4.79 Å². The van der Waals surface area contributed by atoms with Gasteiger partial charge in [-0.3, -0.25) is 0 Å². The number of rotatable bonds is 4. The Morgan fingerprint density at radius 2 is 1.95 bits per heavy atom. The van der Waals surface area contributed by atoms with Crippen molar-refractivity contribution in [2.45, 2.75) is 19.4 Å². The number of benzene rings is 1. The zero-order valence-corrected chi connectivity index (χ0v) is 12.9. The first-order valence-corrected chi connectivity index (χ1v) is 6.74. The summed E-state index contributed by atoms with van der Waals surface area (Å²) < 4.78 is 0. The molecule has 1 aromatic rings. The molecular weight excluding hydrogens is 305 g/mol. The molecule has 104 valence electrons. The fourth-order valence-electron chi connectivity index (χ4n) is 1.47. The van der Waals surface area contributed by atoms with Gasteiger partial charge in [-0.25, -0.2) is 4.79 Å². The van der Waals surface area contributed by atoms with Gasteiger partial charge in [0.1, 0.15) is 0 Å². The third-order valence-corrected chi connectivity index (χ3v) is 3.20. The standard InChI is InChI=1S/C12H15Cl2N3OS/c1-7(3-11(15)19)17(2)12(18)16-10-5-8(13)4-9(14)6-10/h4-7H,3H2,1-2H3,(H2,15,19)(H,16,18). The van der Waals surface area contributed by atoms with Crippen LogP contribution in [0.2, 0.25) is 10.0 Å². The number of urea groups is 1. The topological polar surface area (TPSA) is 58.4 Å². The summed E-state index contributed by atoms with van der Waals surface area (Å²) in [6.07, 6.45) is 0.468. The van der Waals surface area contributed by atoms with Crippen molar-refractivity contribution in [1.82, 2.24) is 4.90 Å². The third kappa shape index (κ3) is 5.22. The number of nitrogens with two attached hydrogens (primary N) is 1. The molecule has 3 N–H and O–H groups in total. The van der Waals surface area contributed by atoms with Crippen LogP contribution in [0.5, 0.6) is 0 Å². The summed E-state index contributed by atoms with van der Waals surface area (Å²) >= 11 is 16.5. The quantitative estimate of drug-likeness (QED) is 0.835. The average Bonchev–Trinajstić information content (AvgIpc) is 2.25. The van der Waals surface area contributed by atoms with E-state index < -0.39 is 0 Å². The molecule has 0 bridgehead atoms. The molecule has 0 aliphatic rings. The molecule has 1 atom stereocenters. The maximum absolute atomic E-state index is 12.0. The highest BCUT2D eigenvalue weighted by atomic mass is 35.5. The van der Waals surface area contributed by atoms with Crippen LogP contribution < -0.4 is 11.1 Å². The lowest BCUT2D eigenvalue weighted by Gasteiger charge is -2.24. The molecular formula is C12H15Cl2N3OS. The van der Waals surface area contributed by atoms with Crippen LogP contribution in [0.4, 0.5) is 10.5 Å². The molecule has 2 amide bonds. The van der Waals surface area contributed by atoms with E-state index in [1.165, 1.54) is 4.90 Å². The summed E-state index contributed by atoms with van der Waals surface area (Å²) in [5.41, 5.74) is 6.00. The molecule has 0 aliphatic carbocycles. The van der Waals surface area contributed by atoms with E-state index in [2.05, 4.69) is 5.32 Å². The van der Waals surface area contributed by atoms with Gasteiger partial charge in [-0.05, 0) is 25.1 Å². The lowest BCUT2D eigenvalue weighted by atomic mass is 10.2. The minimum atomic E-state index is -0.276. The first-order valence-electron chi connectivity index (χ1n) is 5.58. The molecule has 0 saturated heterocycles. The maximum atomic E-state index is 12.0. The minimum absolute atomic E-state index is 0.0906. The molecule has 0 fully saturated rings. The van der Waals surface area contributed by atoms with Crippen LogP contribution in [0.3, 0.4) is 0 Å². The van der Waals surface area contributed by atoms with Crippen molar-refractivity contribution in [2.24, 2.45) is 5.73 Å². The molecule has 19 heavy (non-hydrogen) atoms. The van der Waals surface area contributed by atoms with Crippen LogP contribution in [0, 0.1) is 0 Å². The zero-order valence-electron chi connectivity index (χ0n) is 10.6. The SMILES string of the molecule is CC(CC(N)=S)N(C)C(=O)Nc1cc(Cl)cc(Cl)c1. The summed E-state index contributed by atoms with van der Waals surface area (Å²) in [5.74, 6) is 0. The Kier molecular flexibility index (Phi) is 5.85. The second-order valence-electron chi connectivity index (χ2n) is 4.22. The van der Waals surface area contributed by atoms with Gasteiger partial charge in [0.15, 0.2) is 0 Å². The molecule has 0 aromatic heterocycles. The monoisotopic (exact) mass is 319 g/mol. The number of nitrogens with zero attached hydrogens (tertiary/aromatic N) is 1. The second kappa shape index (κ2) is 6.93. The predicted octanol–water partition coefficient (Wildman–Crippen LogP) is 3.52. The van der Waals surface area contributed by atoms with E-state index in [0.717, 1.165) is 0 Å². The summed E-state index contributed by atoms with van der Waals surface area (Å²) in [5, 5.41) is 3.63. The Hall–Kier alpha value is -1.04. The van der Waals surface area contributed by atoms with Gasteiger partial charge in [0.25, 0.3) is 0 Å². The van der Waals surface area contributed by atoms with Crippen molar-refractivity contribution >= 4 is 52.1 Å². The van der Waals surface area contributed by atoms with E-state index in [1.54, 1.807) is 25.2 Å². The van der Waals surface area contributed by atoms with Crippen LogP contribution in [-0.4, -0.2) is 29.0 Å². The molecule has 7 heteroatoms. The number of amides is 2. The van der Waals surface area contributed by atoms with E-state index in [4.69, 9.17) is 41.2 Å². The highest BCUT2D eigenvalue weighted by molar-refractivity contribution is 7.80. The van der Waals surface area contributed by atoms with E-state index in [1.807, 2.05) is 6.92 Å². The lowest BCUT2D eigenvalue weighted by molar-refractivity contribution is 0.209. The summed E-state index contributed by atoms with van der Waals surface area (Å²) in [7, 11) is 1.67. The normalized spacial score (nSPS) is 11.8. The molecule has 0 aliphatic heterocycles. The maximum Gasteiger partial charge on any atom is 0.321 e.